The number of benzene rings is 2. The first kappa shape index (κ1) is 30.5. The highest BCUT2D eigenvalue weighted by atomic mass is 19.1. The molecule has 2 aromatic carbocycles. The van der Waals surface area contributed by atoms with E-state index in [1.807, 2.05) is 19.1 Å². The largest absolute Gasteiger partial charge is 0.465 e. The van der Waals surface area contributed by atoms with Crippen molar-refractivity contribution in [2.75, 3.05) is 20.8 Å². The Hall–Kier alpha value is -5.45. The van der Waals surface area contributed by atoms with Gasteiger partial charge >= 0.3 is 11.9 Å². The molecule has 11 heteroatoms. The molecule has 220 valence electrons. The fourth-order valence-electron chi connectivity index (χ4n) is 4.64. The number of hydrogen-bond donors (Lipinski definition) is 1. The van der Waals surface area contributed by atoms with Gasteiger partial charge < -0.3 is 19.4 Å². The van der Waals surface area contributed by atoms with Crippen molar-refractivity contribution >= 4 is 39.5 Å². The summed E-state index contributed by atoms with van der Waals surface area (Å²) in [6.45, 7) is 4.66. The van der Waals surface area contributed by atoms with E-state index >= 15 is 0 Å². The van der Waals surface area contributed by atoms with Gasteiger partial charge in [-0.25, -0.2) is 14.0 Å². The number of nitrogens with zero attached hydrogens (tertiary/aromatic N) is 3. The van der Waals surface area contributed by atoms with E-state index in [4.69, 9.17) is 4.74 Å². The van der Waals surface area contributed by atoms with Crippen LogP contribution < -0.4 is 10.9 Å². The Bertz CT molecular complexity index is 1900. The molecule has 0 atom stereocenters. The monoisotopic (exact) mass is 584 g/mol. The molecule has 3 heterocycles. The molecule has 0 saturated carbocycles. The van der Waals surface area contributed by atoms with Gasteiger partial charge in [-0.1, -0.05) is 12.1 Å². The van der Waals surface area contributed by atoms with Gasteiger partial charge in [0.05, 0.1) is 41.8 Å². The molecule has 0 radical (unpaired) electrons. The molecular formula is C32H29FN4O6. The zero-order valence-electron chi connectivity index (χ0n) is 24.0. The summed E-state index contributed by atoms with van der Waals surface area (Å²) in [6, 6.07) is 12.6. The van der Waals surface area contributed by atoms with Gasteiger partial charge in [-0.2, -0.15) is 0 Å². The first-order valence-corrected chi connectivity index (χ1v) is 13.3. The average molecular weight is 585 g/mol. The second-order valence-electron chi connectivity index (χ2n) is 9.16. The molecule has 1 N–H and O–H groups in total. The summed E-state index contributed by atoms with van der Waals surface area (Å²) in [5, 5.41) is 4.99. The summed E-state index contributed by atoms with van der Waals surface area (Å²) in [7, 11) is 2.57. The van der Waals surface area contributed by atoms with E-state index in [2.05, 4.69) is 20.0 Å². The number of amides is 1. The number of methoxy groups -OCH3 is 2. The molecule has 0 unspecified atom stereocenters. The van der Waals surface area contributed by atoms with Gasteiger partial charge in [0.1, 0.15) is 5.82 Å². The fourth-order valence-corrected chi connectivity index (χ4v) is 4.64. The predicted molar refractivity (Wildman–Crippen MR) is 160 cm³/mol. The lowest BCUT2D eigenvalue weighted by Crippen LogP contribution is -2.23. The minimum atomic E-state index is -0.621. The number of carbonyl (C=O) groups is 3. The van der Waals surface area contributed by atoms with E-state index in [1.54, 1.807) is 42.1 Å². The molecule has 0 spiro atoms. The number of esters is 2. The summed E-state index contributed by atoms with van der Waals surface area (Å²) in [6.07, 6.45) is 6.10. The maximum absolute atomic E-state index is 14.3. The zero-order chi connectivity index (χ0) is 31.1. The van der Waals surface area contributed by atoms with Gasteiger partial charge in [-0.05, 0) is 55.6 Å². The molecule has 43 heavy (non-hydrogen) atoms. The van der Waals surface area contributed by atoms with Crippen LogP contribution in [-0.4, -0.2) is 53.1 Å². The van der Waals surface area contributed by atoms with Crippen LogP contribution in [0.1, 0.15) is 44.9 Å². The zero-order valence-corrected chi connectivity index (χ0v) is 24.0. The maximum atomic E-state index is 14.3. The fraction of sp³-hybridized carbons (Fsp3) is 0.188. The predicted octanol–water partition coefficient (Wildman–Crippen LogP) is 4.78. The number of carbonyl (C=O) groups excluding carboxylic acids is 3. The SMILES string of the molecule is CCNC(=O)c1cnccc1-c1ccc(C(=O)OC)cc1F.CCn1c(=O)c2cnccc2c2ccc(C(=O)OC)cc21. The molecular weight excluding hydrogens is 555 g/mol. The molecule has 1 amide bonds. The standard InChI is InChI=1S/C16H15FN2O3.C16H14N2O3/c1-3-19-15(20)13-9-18-7-6-11(13)12-5-4-10(8-14(12)17)16(21)22-2;1-3-18-14-8-10(16(20)21-2)4-5-12(14)11-6-7-17-9-13(11)15(18)19/h4-9H,3H2,1-2H3,(H,19,20);4-9H,3H2,1-2H3. The third-order valence-electron chi connectivity index (χ3n) is 6.70. The van der Waals surface area contributed by atoms with Crippen LogP contribution in [0.5, 0.6) is 0 Å². The second-order valence-corrected chi connectivity index (χ2v) is 9.16. The lowest BCUT2D eigenvalue weighted by atomic mass is 9.99. The first-order valence-electron chi connectivity index (χ1n) is 13.3. The highest BCUT2D eigenvalue weighted by Gasteiger charge is 2.17. The number of ether oxygens (including phenoxy) is 2. The van der Waals surface area contributed by atoms with E-state index in [0.717, 1.165) is 22.4 Å². The number of nitrogens with one attached hydrogen (secondary N) is 1. The van der Waals surface area contributed by atoms with Gasteiger partial charge in [-0.15, -0.1) is 0 Å². The number of hydrogen-bond acceptors (Lipinski definition) is 8. The van der Waals surface area contributed by atoms with Crippen LogP contribution in [0.4, 0.5) is 4.39 Å². The van der Waals surface area contributed by atoms with Crippen molar-refractivity contribution in [3.8, 4) is 11.1 Å². The highest BCUT2D eigenvalue weighted by Crippen LogP contribution is 2.27. The summed E-state index contributed by atoms with van der Waals surface area (Å²) in [5.41, 5.74) is 2.07. The minimum Gasteiger partial charge on any atom is -0.465 e. The Balaban J connectivity index is 0.000000197. The Morgan fingerprint density at radius 1 is 0.814 bits per heavy atom. The van der Waals surface area contributed by atoms with Crippen molar-refractivity contribution < 1.29 is 28.2 Å². The summed E-state index contributed by atoms with van der Waals surface area (Å²) in [5.74, 6) is -1.98. The maximum Gasteiger partial charge on any atom is 0.337 e. The Morgan fingerprint density at radius 3 is 2.12 bits per heavy atom. The van der Waals surface area contributed by atoms with Gasteiger partial charge in [0, 0.05) is 54.4 Å². The molecule has 0 aliphatic carbocycles. The number of fused-ring (bicyclic) bond motifs is 3. The van der Waals surface area contributed by atoms with Crippen LogP contribution in [0.2, 0.25) is 0 Å². The summed E-state index contributed by atoms with van der Waals surface area (Å²) >= 11 is 0. The summed E-state index contributed by atoms with van der Waals surface area (Å²) < 4.78 is 25.2. The number of halogens is 1. The Kier molecular flexibility index (Phi) is 9.56. The average Bonchev–Trinajstić information content (AvgIpc) is 3.04. The van der Waals surface area contributed by atoms with Crippen LogP contribution in [0.3, 0.4) is 0 Å². The van der Waals surface area contributed by atoms with Crippen LogP contribution in [0.25, 0.3) is 32.8 Å². The van der Waals surface area contributed by atoms with E-state index in [0.29, 0.717) is 29.6 Å². The highest BCUT2D eigenvalue weighted by molar-refractivity contribution is 6.07. The Labute approximate surface area is 246 Å². The molecule has 0 bridgehead atoms. The van der Waals surface area contributed by atoms with E-state index in [1.165, 1.54) is 38.7 Å². The number of rotatable bonds is 6. The number of aromatic nitrogens is 3. The van der Waals surface area contributed by atoms with Crippen molar-refractivity contribution in [2.24, 2.45) is 0 Å². The van der Waals surface area contributed by atoms with Crippen LogP contribution in [0.15, 0.2) is 78.1 Å². The number of pyridine rings is 3. The Morgan fingerprint density at radius 2 is 1.47 bits per heavy atom. The molecule has 0 aliphatic rings. The molecule has 5 rings (SSSR count). The normalized spacial score (nSPS) is 10.5. The van der Waals surface area contributed by atoms with Crippen LogP contribution in [0, 0.1) is 5.82 Å². The summed E-state index contributed by atoms with van der Waals surface area (Å²) in [4.78, 5) is 55.6. The molecule has 3 aromatic heterocycles. The van der Waals surface area contributed by atoms with Gasteiger partial charge in [0.25, 0.3) is 11.5 Å². The second kappa shape index (κ2) is 13.5. The van der Waals surface area contributed by atoms with Crippen molar-refractivity contribution in [1.82, 2.24) is 19.9 Å². The molecule has 0 aliphatic heterocycles. The first-order chi connectivity index (χ1) is 20.7. The van der Waals surface area contributed by atoms with Crippen molar-refractivity contribution in [2.45, 2.75) is 20.4 Å². The van der Waals surface area contributed by atoms with E-state index < -0.39 is 17.8 Å². The van der Waals surface area contributed by atoms with Gasteiger partial charge in [0.2, 0.25) is 0 Å². The molecule has 5 aromatic rings. The van der Waals surface area contributed by atoms with Crippen LogP contribution in [-0.2, 0) is 16.0 Å². The topological polar surface area (TPSA) is 129 Å². The molecule has 0 fully saturated rings. The quantitative estimate of drug-likeness (QED) is 0.223. The van der Waals surface area contributed by atoms with Crippen molar-refractivity contribution in [3.05, 3.63) is 106 Å². The van der Waals surface area contributed by atoms with Crippen molar-refractivity contribution in [3.63, 3.8) is 0 Å². The van der Waals surface area contributed by atoms with Crippen LogP contribution >= 0.6 is 0 Å². The van der Waals surface area contributed by atoms with E-state index in [-0.39, 0.29) is 28.2 Å². The number of aryl methyl sites for hydroxylation is 1. The lowest BCUT2D eigenvalue weighted by molar-refractivity contribution is 0.0591. The van der Waals surface area contributed by atoms with Gasteiger partial charge in [-0.3, -0.25) is 19.6 Å². The molecule has 0 saturated heterocycles. The van der Waals surface area contributed by atoms with E-state index in [9.17, 15) is 23.6 Å². The smallest absolute Gasteiger partial charge is 0.337 e. The third kappa shape index (κ3) is 6.25. The minimum absolute atomic E-state index is 0.102. The lowest BCUT2D eigenvalue weighted by Gasteiger charge is -2.12. The van der Waals surface area contributed by atoms with Crippen molar-refractivity contribution in [1.29, 1.82) is 0 Å². The third-order valence-corrected chi connectivity index (χ3v) is 6.70. The molecule has 10 nitrogen and oxygen atoms in total. The van der Waals surface area contributed by atoms with Gasteiger partial charge in [0.15, 0.2) is 0 Å².